The molecule has 0 radical (unpaired) electrons. The van der Waals surface area contributed by atoms with Crippen molar-refractivity contribution in [3.8, 4) is 0 Å². The zero-order valence-electron chi connectivity index (χ0n) is 17.1. The molecule has 7 heteroatoms. The Bertz CT molecular complexity index is 439. The van der Waals surface area contributed by atoms with Crippen LogP contribution >= 0.6 is 0 Å². The molecule has 1 saturated heterocycles. The Morgan fingerprint density at radius 1 is 1.32 bits per heavy atom. The van der Waals surface area contributed by atoms with E-state index in [1.165, 1.54) is 0 Å². The molecule has 146 valence electrons. The highest BCUT2D eigenvalue weighted by atomic mass is 16.6. The van der Waals surface area contributed by atoms with Gasteiger partial charge in [-0.1, -0.05) is 0 Å². The molecule has 0 saturated carbocycles. The van der Waals surface area contributed by atoms with Crippen LogP contribution in [0, 0.1) is 0 Å². The molecule has 1 aliphatic heterocycles. The minimum atomic E-state index is -0.448. The molecule has 1 heterocycles. The highest BCUT2D eigenvalue weighted by molar-refractivity contribution is 5.80. The van der Waals surface area contributed by atoms with E-state index in [0.29, 0.717) is 19.1 Å². The second-order valence-corrected chi connectivity index (χ2v) is 8.01. The van der Waals surface area contributed by atoms with E-state index in [2.05, 4.69) is 41.4 Å². The molecule has 1 aliphatic rings. The third-order valence-electron chi connectivity index (χ3n) is 4.21. The van der Waals surface area contributed by atoms with Crippen molar-refractivity contribution in [2.45, 2.75) is 65.1 Å². The standard InChI is InChI=1S/C18H37N5O2/c1-14(2)22(7)11-9-8-10-20-16(19-6)21-15-12-23(13-15)17(24)25-18(3,4)5/h14-15H,8-13H2,1-7H3,(H2,19,20,21). The van der Waals surface area contributed by atoms with Gasteiger partial charge in [0.1, 0.15) is 5.60 Å². The zero-order valence-corrected chi connectivity index (χ0v) is 17.1. The molecule has 0 aliphatic carbocycles. The Balaban J connectivity index is 2.17. The highest BCUT2D eigenvalue weighted by Crippen LogP contribution is 2.15. The van der Waals surface area contributed by atoms with Gasteiger partial charge in [-0.05, 0) is 61.1 Å². The SMILES string of the molecule is CN=C(NCCCCN(C)C(C)C)NC1CN(C(=O)OC(C)(C)C)C1. The van der Waals surface area contributed by atoms with Crippen LogP contribution in [0.2, 0.25) is 0 Å². The largest absolute Gasteiger partial charge is 0.444 e. The number of nitrogens with one attached hydrogen (secondary N) is 2. The maximum Gasteiger partial charge on any atom is 0.410 e. The van der Waals surface area contributed by atoms with Gasteiger partial charge in [0, 0.05) is 32.7 Å². The molecule has 1 rings (SSSR count). The molecule has 25 heavy (non-hydrogen) atoms. The van der Waals surface area contributed by atoms with Gasteiger partial charge in [0.2, 0.25) is 0 Å². The lowest BCUT2D eigenvalue weighted by molar-refractivity contribution is 0.00701. The van der Waals surface area contributed by atoms with Gasteiger partial charge in [-0.15, -0.1) is 0 Å². The van der Waals surface area contributed by atoms with Crippen LogP contribution in [-0.2, 0) is 4.74 Å². The minimum Gasteiger partial charge on any atom is -0.444 e. The van der Waals surface area contributed by atoms with Crippen LogP contribution in [-0.4, -0.2) is 79.8 Å². The van der Waals surface area contributed by atoms with Gasteiger partial charge in [-0.3, -0.25) is 4.99 Å². The molecule has 0 aromatic carbocycles. The van der Waals surface area contributed by atoms with Gasteiger partial charge in [0.15, 0.2) is 5.96 Å². The summed E-state index contributed by atoms with van der Waals surface area (Å²) in [5, 5.41) is 6.69. The van der Waals surface area contributed by atoms with Crippen LogP contribution in [0.15, 0.2) is 4.99 Å². The first-order valence-corrected chi connectivity index (χ1v) is 9.27. The summed E-state index contributed by atoms with van der Waals surface area (Å²) in [5.41, 5.74) is -0.448. The molecular formula is C18H37N5O2. The number of guanidine groups is 1. The molecule has 0 atom stereocenters. The maximum absolute atomic E-state index is 11.9. The van der Waals surface area contributed by atoms with Crippen molar-refractivity contribution in [1.29, 1.82) is 0 Å². The molecule has 0 bridgehead atoms. The van der Waals surface area contributed by atoms with Crippen molar-refractivity contribution < 1.29 is 9.53 Å². The fraction of sp³-hybridized carbons (Fsp3) is 0.889. The third kappa shape index (κ3) is 8.43. The highest BCUT2D eigenvalue weighted by Gasteiger charge is 2.34. The van der Waals surface area contributed by atoms with Gasteiger partial charge in [-0.25, -0.2) is 4.79 Å². The van der Waals surface area contributed by atoms with Crippen molar-refractivity contribution in [1.82, 2.24) is 20.4 Å². The van der Waals surface area contributed by atoms with Crippen molar-refractivity contribution in [3.63, 3.8) is 0 Å². The topological polar surface area (TPSA) is 69.2 Å². The lowest BCUT2D eigenvalue weighted by Crippen LogP contribution is -2.63. The molecule has 7 nitrogen and oxygen atoms in total. The summed E-state index contributed by atoms with van der Waals surface area (Å²) in [5.74, 6) is 0.797. The normalized spacial score (nSPS) is 16.2. The molecule has 0 unspecified atom stereocenters. The van der Waals surface area contributed by atoms with E-state index < -0.39 is 5.60 Å². The summed E-state index contributed by atoms with van der Waals surface area (Å²) in [6.45, 7) is 13.4. The first-order valence-electron chi connectivity index (χ1n) is 9.27. The van der Waals surface area contributed by atoms with Crippen LogP contribution in [0.5, 0.6) is 0 Å². The van der Waals surface area contributed by atoms with Crippen molar-refractivity contribution in [2.75, 3.05) is 40.3 Å². The molecule has 1 amide bonds. The Labute approximate surface area is 153 Å². The summed E-state index contributed by atoms with van der Waals surface area (Å²) in [6, 6.07) is 0.819. The Morgan fingerprint density at radius 3 is 2.48 bits per heavy atom. The summed E-state index contributed by atoms with van der Waals surface area (Å²) >= 11 is 0. The van der Waals surface area contributed by atoms with Crippen LogP contribution in [0.4, 0.5) is 4.79 Å². The predicted octanol–water partition coefficient (Wildman–Crippen LogP) is 1.89. The van der Waals surface area contributed by atoms with Gasteiger partial charge in [-0.2, -0.15) is 0 Å². The van der Waals surface area contributed by atoms with E-state index in [1.54, 1.807) is 11.9 Å². The molecule has 2 N–H and O–H groups in total. The number of amides is 1. The van der Waals surface area contributed by atoms with Crippen LogP contribution in [0.3, 0.4) is 0 Å². The van der Waals surface area contributed by atoms with Crippen LogP contribution in [0.25, 0.3) is 0 Å². The lowest BCUT2D eigenvalue weighted by Gasteiger charge is -2.40. The van der Waals surface area contributed by atoms with Crippen molar-refractivity contribution in [2.24, 2.45) is 4.99 Å². The predicted molar refractivity (Wildman–Crippen MR) is 103 cm³/mol. The number of ether oxygens (including phenoxy) is 1. The summed E-state index contributed by atoms with van der Waals surface area (Å²) in [7, 11) is 3.93. The van der Waals surface area contributed by atoms with Crippen LogP contribution in [0.1, 0.15) is 47.5 Å². The quantitative estimate of drug-likeness (QED) is 0.415. The number of rotatable bonds is 7. The average molecular weight is 356 g/mol. The first kappa shape index (κ1) is 21.5. The first-order chi connectivity index (χ1) is 11.6. The van der Waals surface area contributed by atoms with Gasteiger partial charge >= 0.3 is 6.09 Å². The Morgan fingerprint density at radius 2 is 1.96 bits per heavy atom. The number of carbonyl (C=O) groups is 1. The Hall–Kier alpha value is -1.50. The van der Waals surface area contributed by atoms with E-state index in [1.807, 2.05) is 20.8 Å². The fourth-order valence-electron chi connectivity index (χ4n) is 2.38. The molecule has 0 spiro atoms. The van der Waals surface area contributed by atoms with Gasteiger partial charge in [0.05, 0.1) is 6.04 Å². The zero-order chi connectivity index (χ0) is 19.0. The van der Waals surface area contributed by atoms with E-state index in [0.717, 1.165) is 31.9 Å². The maximum atomic E-state index is 11.9. The number of nitrogens with zero attached hydrogens (tertiary/aromatic N) is 3. The summed E-state index contributed by atoms with van der Waals surface area (Å²) in [4.78, 5) is 20.2. The Kier molecular flexibility index (Phi) is 8.48. The number of carbonyl (C=O) groups excluding carboxylic acids is 1. The number of hydrogen-bond donors (Lipinski definition) is 2. The van der Waals surface area contributed by atoms with E-state index in [9.17, 15) is 4.79 Å². The fourth-order valence-corrected chi connectivity index (χ4v) is 2.38. The van der Waals surface area contributed by atoms with Gasteiger partial charge < -0.3 is 25.2 Å². The number of aliphatic imine (C=N–C) groups is 1. The monoisotopic (exact) mass is 355 g/mol. The third-order valence-corrected chi connectivity index (χ3v) is 4.21. The minimum absolute atomic E-state index is 0.228. The van der Waals surface area contributed by atoms with Crippen molar-refractivity contribution in [3.05, 3.63) is 0 Å². The average Bonchev–Trinajstić information content (AvgIpc) is 2.45. The van der Waals surface area contributed by atoms with E-state index in [-0.39, 0.29) is 12.1 Å². The molecule has 1 fully saturated rings. The summed E-state index contributed by atoms with van der Waals surface area (Å²) in [6.07, 6.45) is 2.02. The molecule has 0 aromatic heterocycles. The lowest BCUT2D eigenvalue weighted by atomic mass is 10.1. The molecule has 0 aromatic rings. The number of hydrogen-bond acceptors (Lipinski definition) is 4. The molecular weight excluding hydrogens is 318 g/mol. The summed E-state index contributed by atoms with van der Waals surface area (Å²) < 4.78 is 5.36. The van der Waals surface area contributed by atoms with Gasteiger partial charge in [0.25, 0.3) is 0 Å². The smallest absolute Gasteiger partial charge is 0.410 e. The second-order valence-electron chi connectivity index (χ2n) is 8.01. The number of likely N-dealkylation sites (tertiary alicyclic amines) is 1. The second kappa shape index (κ2) is 9.85. The number of unbranched alkanes of at least 4 members (excludes halogenated alkanes) is 1. The van der Waals surface area contributed by atoms with E-state index in [4.69, 9.17) is 4.74 Å². The van der Waals surface area contributed by atoms with Crippen molar-refractivity contribution >= 4 is 12.1 Å². The van der Waals surface area contributed by atoms with E-state index >= 15 is 0 Å². The van der Waals surface area contributed by atoms with Crippen LogP contribution < -0.4 is 10.6 Å².